The van der Waals surface area contributed by atoms with Crippen molar-refractivity contribution in [3.05, 3.63) is 162 Å². The molecule has 5 heteroatoms. The molecule has 0 fully saturated rings. The molecule has 0 spiro atoms. The van der Waals surface area contributed by atoms with Crippen LogP contribution < -0.4 is 35.0 Å². The van der Waals surface area contributed by atoms with Crippen molar-refractivity contribution in [2.24, 2.45) is 0 Å². The minimum absolute atomic E-state index is 0.845. The summed E-state index contributed by atoms with van der Waals surface area (Å²) in [6.07, 6.45) is 0.868. The maximum atomic E-state index is 5.57. The summed E-state index contributed by atoms with van der Waals surface area (Å²) in [6, 6.07) is 52.5. The van der Waals surface area contributed by atoms with Crippen molar-refractivity contribution in [3.8, 4) is 17.2 Å². The molecule has 0 aliphatic heterocycles. The molecule has 0 amide bonds. The van der Waals surface area contributed by atoms with Gasteiger partial charge in [-0.05, 0) is 0 Å². The number of methoxy groups -OCH3 is 3. The number of ether oxygens (including phenoxy) is 3. The zero-order chi connectivity index (χ0) is 32.8. The summed E-state index contributed by atoms with van der Waals surface area (Å²) in [6.45, 7) is 4.25. The van der Waals surface area contributed by atoms with Gasteiger partial charge < -0.3 is 0 Å². The summed E-state index contributed by atoms with van der Waals surface area (Å²) in [7, 11) is 2.50. The normalized spacial score (nSPS) is 11.5. The van der Waals surface area contributed by atoms with Crippen LogP contribution in [0.3, 0.4) is 0 Å². The third kappa shape index (κ3) is 6.75. The van der Waals surface area contributed by atoms with Gasteiger partial charge in [0.1, 0.15) is 0 Å². The Morgan fingerprint density at radius 3 is 1.00 bits per heavy atom. The fourth-order valence-electron chi connectivity index (χ4n) is 6.34. The Morgan fingerprint density at radius 1 is 0.404 bits per heavy atom. The molecule has 0 bridgehead atoms. The van der Waals surface area contributed by atoms with Crippen molar-refractivity contribution < 1.29 is 14.2 Å². The van der Waals surface area contributed by atoms with E-state index in [1.807, 2.05) is 0 Å². The SMILES string of the molecule is COc1ccc([PH](Cc2ccc(N(c3ccc(C)cc3)c3ccc(C)cc3)cc2)(c2ccc(OC)cc2)c2ccc(OC)cc2)cc1. The Hall–Kier alpha value is -5.05. The van der Waals surface area contributed by atoms with Gasteiger partial charge in [-0.25, -0.2) is 0 Å². The van der Waals surface area contributed by atoms with E-state index >= 15 is 0 Å². The number of rotatable bonds is 11. The predicted molar refractivity (Wildman–Crippen MR) is 201 cm³/mol. The number of anilines is 3. The van der Waals surface area contributed by atoms with Gasteiger partial charge in [0, 0.05) is 0 Å². The first-order chi connectivity index (χ1) is 22.9. The number of benzene rings is 6. The molecule has 0 aromatic heterocycles. The van der Waals surface area contributed by atoms with Crippen LogP contribution in [0.4, 0.5) is 17.1 Å². The van der Waals surface area contributed by atoms with E-state index in [0.29, 0.717) is 0 Å². The Kier molecular flexibility index (Phi) is 9.61. The monoisotopic (exact) mass is 639 g/mol. The van der Waals surface area contributed by atoms with Crippen molar-refractivity contribution in [1.82, 2.24) is 0 Å². The number of hydrogen-bond acceptors (Lipinski definition) is 4. The van der Waals surface area contributed by atoms with Gasteiger partial charge in [-0.1, -0.05) is 0 Å². The van der Waals surface area contributed by atoms with E-state index in [2.05, 4.69) is 164 Å². The van der Waals surface area contributed by atoms with Crippen LogP contribution in [-0.2, 0) is 6.16 Å². The van der Waals surface area contributed by atoms with Gasteiger partial charge in [0.05, 0.1) is 0 Å². The Labute approximate surface area is 279 Å². The maximum absolute atomic E-state index is 5.57. The Balaban J connectivity index is 1.48. The van der Waals surface area contributed by atoms with Gasteiger partial charge in [-0.15, -0.1) is 0 Å². The number of nitrogens with zero attached hydrogens (tertiary/aromatic N) is 1. The molecule has 6 aromatic carbocycles. The van der Waals surface area contributed by atoms with E-state index in [1.165, 1.54) is 32.6 Å². The van der Waals surface area contributed by atoms with Crippen LogP contribution in [0.15, 0.2) is 146 Å². The van der Waals surface area contributed by atoms with Crippen LogP contribution in [0.1, 0.15) is 16.7 Å². The first-order valence-electron chi connectivity index (χ1n) is 15.9. The molecule has 47 heavy (non-hydrogen) atoms. The molecule has 0 saturated heterocycles. The van der Waals surface area contributed by atoms with Crippen molar-refractivity contribution >= 4 is 40.2 Å². The van der Waals surface area contributed by atoms with Crippen LogP contribution in [0, 0.1) is 13.8 Å². The number of aryl methyl sites for hydroxylation is 2. The van der Waals surface area contributed by atoms with Gasteiger partial charge in [0.15, 0.2) is 0 Å². The van der Waals surface area contributed by atoms with E-state index in [9.17, 15) is 0 Å². The van der Waals surface area contributed by atoms with Crippen LogP contribution in [0.25, 0.3) is 0 Å². The zero-order valence-electron chi connectivity index (χ0n) is 27.7. The first kappa shape index (κ1) is 31.9. The van der Waals surface area contributed by atoms with E-state index < -0.39 is 7.26 Å². The molecule has 0 heterocycles. The number of hydrogen-bond donors (Lipinski definition) is 0. The van der Waals surface area contributed by atoms with Crippen LogP contribution >= 0.6 is 7.26 Å². The molecular formula is C42H42NO3P. The molecular weight excluding hydrogens is 597 g/mol. The second-order valence-electron chi connectivity index (χ2n) is 11.9. The van der Waals surface area contributed by atoms with Gasteiger partial charge in [-0.2, -0.15) is 0 Å². The van der Waals surface area contributed by atoms with Crippen molar-refractivity contribution in [2.45, 2.75) is 20.0 Å². The Bertz CT molecular complexity index is 1720. The molecule has 6 rings (SSSR count). The van der Waals surface area contributed by atoms with Gasteiger partial charge >= 0.3 is 280 Å². The van der Waals surface area contributed by atoms with Crippen molar-refractivity contribution in [1.29, 1.82) is 0 Å². The van der Waals surface area contributed by atoms with Crippen LogP contribution in [0.5, 0.6) is 17.2 Å². The average Bonchev–Trinajstić information content (AvgIpc) is 3.13. The quantitative estimate of drug-likeness (QED) is 0.132. The molecule has 6 aromatic rings. The summed E-state index contributed by atoms with van der Waals surface area (Å²) < 4.78 is 16.7. The van der Waals surface area contributed by atoms with Gasteiger partial charge in [0.2, 0.25) is 0 Å². The third-order valence-electron chi connectivity index (χ3n) is 9.00. The fraction of sp³-hybridized carbons (Fsp3) is 0.143. The summed E-state index contributed by atoms with van der Waals surface area (Å²) in [5.74, 6) is 2.54. The van der Waals surface area contributed by atoms with E-state index in [-0.39, 0.29) is 0 Å². The van der Waals surface area contributed by atoms with E-state index in [0.717, 1.165) is 40.5 Å². The molecule has 0 aliphatic rings. The predicted octanol–water partition coefficient (Wildman–Crippen LogP) is 9.03. The zero-order valence-corrected chi connectivity index (χ0v) is 28.7. The summed E-state index contributed by atoms with van der Waals surface area (Å²) in [5, 5.41) is 3.91. The minimum atomic E-state index is -2.64. The fourth-order valence-corrected chi connectivity index (χ4v) is 11.0. The average molecular weight is 640 g/mol. The van der Waals surface area contributed by atoms with Gasteiger partial charge in [-0.3, -0.25) is 0 Å². The summed E-state index contributed by atoms with van der Waals surface area (Å²) >= 11 is 0. The van der Waals surface area contributed by atoms with Crippen LogP contribution in [-0.4, -0.2) is 21.3 Å². The second-order valence-corrected chi connectivity index (χ2v) is 15.8. The molecule has 0 unspecified atom stereocenters. The molecule has 0 N–H and O–H groups in total. The van der Waals surface area contributed by atoms with E-state index in [1.54, 1.807) is 21.3 Å². The first-order valence-corrected chi connectivity index (χ1v) is 18.1. The van der Waals surface area contributed by atoms with E-state index in [4.69, 9.17) is 14.2 Å². The molecule has 4 nitrogen and oxygen atoms in total. The Morgan fingerprint density at radius 2 is 0.702 bits per heavy atom. The summed E-state index contributed by atoms with van der Waals surface area (Å²) in [4.78, 5) is 2.32. The van der Waals surface area contributed by atoms with Crippen molar-refractivity contribution in [3.63, 3.8) is 0 Å². The molecule has 238 valence electrons. The van der Waals surface area contributed by atoms with Crippen molar-refractivity contribution in [2.75, 3.05) is 26.2 Å². The van der Waals surface area contributed by atoms with Gasteiger partial charge in [0.25, 0.3) is 0 Å². The molecule has 0 aliphatic carbocycles. The molecule has 0 radical (unpaired) electrons. The topological polar surface area (TPSA) is 30.9 Å². The molecule has 0 atom stereocenters. The summed E-state index contributed by atoms with van der Waals surface area (Å²) in [5.41, 5.74) is 7.13. The van der Waals surface area contributed by atoms with Crippen LogP contribution in [0.2, 0.25) is 0 Å². The standard InChI is InChI=1S/C42H42NO3P/c1-31-6-12-34(13-7-31)43(35-14-8-32(2)9-15-35)36-16-10-33(11-17-36)30-47(40-24-18-37(44-3)19-25-40,41-26-20-38(45-4)21-27-41)42-28-22-39(46-5)23-29-42/h6-29,47H,30H2,1-5H3. The third-order valence-corrected chi connectivity index (χ3v) is 13.9. The second kappa shape index (κ2) is 14.2. The molecule has 0 saturated carbocycles.